The van der Waals surface area contributed by atoms with E-state index in [1.165, 1.54) is 19.2 Å². The zero-order valence-electron chi connectivity index (χ0n) is 7.03. The number of H-pyrrole nitrogens is 1. The predicted octanol–water partition coefficient (Wildman–Crippen LogP) is 1.47. The van der Waals surface area contributed by atoms with Crippen molar-refractivity contribution in [1.82, 2.24) is 9.97 Å². The first-order valence-electron chi connectivity index (χ1n) is 3.85. The highest BCUT2D eigenvalue weighted by Gasteiger charge is 2.08. The Bertz CT molecular complexity index is 473. The van der Waals surface area contributed by atoms with Gasteiger partial charge in [-0.25, -0.2) is 0 Å². The lowest BCUT2D eigenvalue weighted by atomic mass is 10.2. The number of carbonyl (C=O) groups is 1. The number of aromatic amines is 1. The van der Waals surface area contributed by atoms with Crippen molar-refractivity contribution in [2.24, 2.45) is 0 Å². The van der Waals surface area contributed by atoms with Crippen LogP contribution in [-0.4, -0.2) is 20.9 Å². The molecule has 0 aliphatic heterocycles. The molecule has 2 N–H and O–H groups in total. The molecule has 0 atom stereocenters. The minimum Gasteiger partial charge on any atom is -0.506 e. The second-order valence-corrected chi connectivity index (χ2v) is 2.85. The van der Waals surface area contributed by atoms with Gasteiger partial charge < -0.3 is 10.1 Å². The molecule has 2 aromatic rings. The van der Waals surface area contributed by atoms with Crippen molar-refractivity contribution in [2.45, 2.75) is 6.92 Å². The summed E-state index contributed by atoms with van der Waals surface area (Å²) in [4.78, 5) is 17.9. The number of carbonyl (C=O) groups excluding carboxylic acids is 1. The van der Waals surface area contributed by atoms with Gasteiger partial charge in [0.2, 0.25) is 0 Å². The predicted molar refractivity (Wildman–Crippen MR) is 47.8 cm³/mol. The van der Waals surface area contributed by atoms with E-state index in [0.29, 0.717) is 16.6 Å². The zero-order chi connectivity index (χ0) is 9.42. The Hall–Kier alpha value is -1.84. The summed E-state index contributed by atoms with van der Waals surface area (Å²) in [6.45, 7) is 1.48. The summed E-state index contributed by atoms with van der Waals surface area (Å²) in [6.07, 6.45) is 2.92. The first-order valence-corrected chi connectivity index (χ1v) is 3.85. The van der Waals surface area contributed by atoms with Gasteiger partial charge in [-0.2, -0.15) is 0 Å². The standard InChI is InChI=1S/C9H8N2O2/c1-5(12)7-4-10-8-2-6(13)3-11-9(7)8/h2-4,10,13H,1H3. The molecule has 2 rings (SSSR count). The van der Waals surface area contributed by atoms with E-state index in [0.717, 1.165) is 0 Å². The number of aromatic hydroxyl groups is 1. The van der Waals surface area contributed by atoms with Crippen molar-refractivity contribution in [3.8, 4) is 5.75 Å². The van der Waals surface area contributed by atoms with E-state index >= 15 is 0 Å². The quantitative estimate of drug-likeness (QED) is 0.646. The Morgan fingerprint density at radius 2 is 2.38 bits per heavy atom. The first-order chi connectivity index (χ1) is 6.18. The van der Waals surface area contributed by atoms with Crippen LogP contribution in [0.4, 0.5) is 0 Å². The molecule has 4 heteroatoms. The number of ketones is 1. The molecule has 0 aliphatic carbocycles. The molecule has 0 saturated heterocycles. The highest BCUT2D eigenvalue weighted by Crippen LogP contribution is 2.19. The van der Waals surface area contributed by atoms with Crippen LogP contribution in [-0.2, 0) is 0 Å². The van der Waals surface area contributed by atoms with Gasteiger partial charge in [0.15, 0.2) is 5.78 Å². The number of rotatable bonds is 1. The number of hydrogen-bond donors (Lipinski definition) is 2. The Balaban J connectivity index is 2.76. The summed E-state index contributed by atoms with van der Waals surface area (Å²) in [7, 11) is 0. The molecule has 0 aliphatic rings. The Kier molecular flexibility index (Phi) is 1.55. The molecule has 0 amide bonds. The minimum atomic E-state index is -0.0376. The van der Waals surface area contributed by atoms with Crippen LogP contribution in [0, 0.1) is 0 Å². The van der Waals surface area contributed by atoms with E-state index in [1.54, 1.807) is 6.20 Å². The lowest BCUT2D eigenvalue weighted by Gasteiger charge is -1.92. The lowest BCUT2D eigenvalue weighted by Crippen LogP contribution is -1.89. The molecular formula is C9H8N2O2. The van der Waals surface area contributed by atoms with Crippen LogP contribution >= 0.6 is 0 Å². The van der Waals surface area contributed by atoms with Crippen LogP contribution in [0.25, 0.3) is 11.0 Å². The maximum absolute atomic E-state index is 11.1. The lowest BCUT2D eigenvalue weighted by molar-refractivity contribution is 0.101. The van der Waals surface area contributed by atoms with Crippen molar-refractivity contribution < 1.29 is 9.90 Å². The number of nitrogens with one attached hydrogen (secondary N) is 1. The van der Waals surface area contributed by atoms with Crippen molar-refractivity contribution >= 4 is 16.8 Å². The molecule has 0 radical (unpaired) electrons. The van der Waals surface area contributed by atoms with Crippen molar-refractivity contribution in [3.63, 3.8) is 0 Å². The third-order valence-corrected chi connectivity index (χ3v) is 1.88. The largest absolute Gasteiger partial charge is 0.506 e. The monoisotopic (exact) mass is 176 g/mol. The van der Waals surface area contributed by atoms with Gasteiger partial charge in [0, 0.05) is 12.3 Å². The molecule has 2 heterocycles. The number of hydrogen-bond acceptors (Lipinski definition) is 3. The SMILES string of the molecule is CC(=O)c1c[nH]c2cc(O)cnc12. The number of aromatic nitrogens is 2. The van der Waals surface area contributed by atoms with Crippen LogP contribution in [0.2, 0.25) is 0 Å². The molecule has 0 spiro atoms. The molecular weight excluding hydrogens is 168 g/mol. The maximum atomic E-state index is 11.1. The van der Waals surface area contributed by atoms with Gasteiger partial charge in [-0.1, -0.05) is 0 Å². The van der Waals surface area contributed by atoms with E-state index in [9.17, 15) is 4.79 Å². The Morgan fingerprint density at radius 1 is 1.62 bits per heavy atom. The fraction of sp³-hybridized carbons (Fsp3) is 0.111. The third kappa shape index (κ3) is 1.16. The number of nitrogens with zero attached hydrogens (tertiary/aromatic N) is 1. The summed E-state index contributed by atoms with van der Waals surface area (Å²) in [6, 6.07) is 1.54. The average molecular weight is 176 g/mol. The van der Waals surface area contributed by atoms with E-state index in [-0.39, 0.29) is 11.5 Å². The van der Waals surface area contributed by atoms with Crippen LogP contribution in [0.5, 0.6) is 5.75 Å². The Labute approximate surface area is 74.2 Å². The number of Topliss-reactive ketones (excluding diaryl/α,β-unsaturated/α-hetero) is 1. The van der Waals surface area contributed by atoms with Gasteiger partial charge in [-0.15, -0.1) is 0 Å². The zero-order valence-corrected chi connectivity index (χ0v) is 7.03. The van der Waals surface area contributed by atoms with Crippen LogP contribution in [0.1, 0.15) is 17.3 Å². The number of pyridine rings is 1. The smallest absolute Gasteiger partial charge is 0.163 e. The van der Waals surface area contributed by atoms with Crippen molar-refractivity contribution in [2.75, 3.05) is 0 Å². The molecule has 0 aromatic carbocycles. The Morgan fingerprint density at radius 3 is 3.08 bits per heavy atom. The van der Waals surface area contributed by atoms with Gasteiger partial charge in [0.25, 0.3) is 0 Å². The van der Waals surface area contributed by atoms with Gasteiger partial charge in [-0.05, 0) is 6.92 Å². The summed E-state index contributed by atoms with van der Waals surface area (Å²) in [5, 5.41) is 9.11. The van der Waals surface area contributed by atoms with Crippen LogP contribution < -0.4 is 0 Å². The first kappa shape index (κ1) is 7.79. The average Bonchev–Trinajstić information content (AvgIpc) is 2.46. The molecule has 0 bridgehead atoms. The van der Waals surface area contributed by atoms with Gasteiger partial charge in [0.05, 0.1) is 22.8 Å². The third-order valence-electron chi connectivity index (χ3n) is 1.88. The topological polar surface area (TPSA) is 66.0 Å². The number of fused-ring (bicyclic) bond motifs is 1. The van der Waals surface area contributed by atoms with Crippen molar-refractivity contribution in [3.05, 3.63) is 24.0 Å². The summed E-state index contributed by atoms with van der Waals surface area (Å²) in [5.41, 5.74) is 1.82. The molecule has 0 fully saturated rings. The summed E-state index contributed by atoms with van der Waals surface area (Å²) in [5.74, 6) is 0.0499. The normalized spacial score (nSPS) is 10.5. The molecule has 2 aromatic heterocycles. The molecule has 0 unspecified atom stereocenters. The second-order valence-electron chi connectivity index (χ2n) is 2.85. The van der Waals surface area contributed by atoms with E-state index < -0.39 is 0 Å². The van der Waals surface area contributed by atoms with Crippen LogP contribution in [0.15, 0.2) is 18.5 Å². The van der Waals surface area contributed by atoms with Gasteiger partial charge >= 0.3 is 0 Å². The highest BCUT2D eigenvalue weighted by molar-refractivity contribution is 6.05. The summed E-state index contributed by atoms with van der Waals surface area (Å²) < 4.78 is 0. The molecule has 13 heavy (non-hydrogen) atoms. The molecule has 66 valence electrons. The van der Waals surface area contributed by atoms with Gasteiger partial charge in [0.1, 0.15) is 5.75 Å². The molecule has 0 saturated carbocycles. The maximum Gasteiger partial charge on any atom is 0.163 e. The van der Waals surface area contributed by atoms with Crippen molar-refractivity contribution in [1.29, 1.82) is 0 Å². The molecule has 4 nitrogen and oxygen atoms in total. The van der Waals surface area contributed by atoms with Gasteiger partial charge in [-0.3, -0.25) is 9.78 Å². The summed E-state index contributed by atoms with van der Waals surface area (Å²) >= 11 is 0. The van der Waals surface area contributed by atoms with Crippen LogP contribution in [0.3, 0.4) is 0 Å². The fourth-order valence-electron chi connectivity index (χ4n) is 1.27. The fourth-order valence-corrected chi connectivity index (χ4v) is 1.27. The minimum absolute atomic E-state index is 0.0376. The highest BCUT2D eigenvalue weighted by atomic mass is 16.3. The van der Waals surface area contributed by atoms with E-state index in [1.807, 2.05) is 0 Å². The van der Waals surface area contributed by atoms with E-state index in [2.05, 4.69) is 9.97 Å². The second kappa shape index (κ2) is 2.58. The van der Waals surface area contributed by atoms with E-state index in [4.69, 9.17) is 5.11 Å².